The van der Waals surface area contributed by atoms with Crippen molar-refractivity contribution in [1.29, 1.82) is 0 Å². The van der Waals surface area contributed by atoms with Crippen molar-refractivity contribution < 1.29 is 38.6 Å². The lowest BCUT2D eigenvalue weighted by molar-refractivity contribution is -0.146. The van der Waals surface area contributed by atoms with Crippen molar-refractivity contribution in [3.63, 3.8) is 0 Å². The van der Waals surface area contributed by atoms with Crippen LogP contribution < -0.4 is 16.2 Å². The Labute approximate surface area is 471 Å². The smallest absolute Gasteiger partial charge is 0.308 e. The molecule has 6 aromatic rings. The molecule has 3 aromatic heterocycles. The van der Waals surface area contributed by atoms with E-state index in [4.69, 9.17) is 9.47 Å². The predicted octanol–water partition coefficient (Wildman–Crippen LogP) is 11.3. The molecule has 0 aliphatic carbocycles. The Morgan fingerprint density at radius 1 is 0.625 bits per heavy atom. The Kier molecular flexibility index (Phi) is 23.5. The number of aliphatic carboxylic acids is 1. The lowest BCUT2D eigenvalue weighted by Gasteiger charge is -2.35. The number of amides is 3. The largest absolute Gasteiger partial charge is 0.481 e. The first-order chi connectivity index (χ1) is 38.4. The van der Waals surface area contributed by atoms with Gasteiger partial charge in [-0.15, -0.1) is 0 Å². The topological polar surface area (TPSA) is 199 Å². The number of carbonyl (C=O) groups excluding carboxylic acids is 4. The zero-order valence-corrected chi connectivity index (χ0v) is 47.8. The number of piperidine rings is 1. The lowest BCUT2D eigenvalue weighted by Crippen LogP contribution is -2.52. The van der Waals surface area contributed by atoms with Crippen molar-refractivity contribution in [3.8, 4) is 22.3 Å². The maximum Gasteiger partial charge on any atom is 0.308 e. The second-order valence-electron chi connectivity index (χ2n) is 21.7. The number of aromatic nitrogens is 3. The molecule has 2 unspecified atom stereocenters. The van der Waals surface area contributed by atoms with E-state index in [0.29, 0.717) is 36.9 Å². The van der Waals surface area contributed by atoms with Gasteiger partial charge in [0.05, 0.1) is 24.9 Å². The summed E-state index contributed by atoms with van der Waals surface area (Å²) in [6, 6.07) is 27.5. The van der Waals surface area contributed by atoms with Crippen molar-refractivity contribution in [2.45, 2.75) is 144 Å². The molecule has 3 N–H and O–H groups in total. The fourth-order valence-corrected chi connectivity index (χ4v) is 10.3. The van der Waals surface area contributed by atoms with E-state index in [1.165, 1.54) is 23.5 Å². The average Bonchev–Trinajstić information content (AvgIpc) is 4.03. The standard InChI is InChI=1S/C34H37N3O4.C27H35N3O4.C4H8O/c1-23(2)17-30(37-16-9-8-15-31(37)38)34(40)36-29(19-32(39)41-22-26-13-6-5-7-14-26)27-18-28(21-35-20-27)33-24(3)11-10-12-25(33)4;1-17(2)12-23(30-11-6-5-10-24(30)31)27(34)29-22(14-25(32)33)20-13-21(16-28-15-20)26-18(3)8-7-9-19(26)4;1-2-4-5-3-1/h5-16,18,20-21,23,29-30H,17,19,22H2,1-4H3,(H,36,40);7-9,13,15-17,22-23H,5-6,10-12,14H2,1-4H3,(H,29,34)(H,32,33);1-4H2/t29-,30?;22-,23?;/m00./s1. The highest BCUT2D eigenvalue weighted by Crippen LogP contribution is 2.32. The summed E-state index contributed by atoms with van der Waals surface area (Å²) in [7, 11) is 0. The predicted molar refractivity (Wildman–Crippen MR) is 311 cm³/mol. The van der Waals surface area contributed by atoms with Crippen LogP contribution in [0.2, 0.25) is 0 Å². The number of carboxylic acids is 1. The molecule has 0 spiro atoms. The Morgan fingerprint density at radius 3 is 1.62 bits per heavy atom. The van der Waals surface area contributed by atoms with Gasteiger partial charge in [-0.1, -0.05) is 100 Å². The summed E-state index contributed by atoms with van der Waals surface area (Å²) in [6.07, 6.45) is 13.8. The molecular weight excluding hydrogens is 1010 g/mol. The van der Waals surface area contributed by atoms with Crippen LogP contribution in [0.25, 0.3) is 22.3 Å². The van der Waals surface area contributed by atoms with Crippen molar-refractivity contribution in [3.05, 3.63) is 177 Å². The quantitative estimate of drug-likeness (QED) is 0.0615. The van der Waals surface area contributed by atoms with Gasteiger partial charge in [-0.3, -0.25) is 38.7 Å². The number of rotatable bonds is 20. The first-order valence-electron chi connectivity index (χ1n) is 28.0. The van der Waals surface area contributed by atoms with Crippen LogP contribution in [0.5, 0.6) is 0 Å². The fourth-order valence-electron chi connectivity index (χ4n) is 10.3. The number of nitrogens with zero attached hydrogens (tertiary/aromatic N) is 4. The summed E-state index contributed by atoms with van der Waals surface area (Å²) >= 11 is 0. The number of likely N-dealkylation sites (tertiary alicyclic amines) is 1. The van der Waals surface area contributed by atoms with E-state index in [0.717, 1.165) is 76.1 Å². The number of carbonyl (C=O) groups is 5. The molecule has 80 heavy (non-hydrogen) atoms. The van der Waals surface area contributed by atoms with Crippen LogP contribution in [0, 0.1) is 39.5 Å². The molecule has 15 heteroatoms. The Hall–Kier alpha value is -7.78. The number of aryl methyl sites for hydroxylation is 4. The summed E-state index contributed by atoms with van der Waals surface area (Å²) in [5.41, 5.74) is 10.2. The fraction of sp³-hybridized carbons (Fsp3) is 0.415. The van der Waals surface area contributed by atoms with Crippen LogP contribution in [-0.4, -0.2) is 80.0 Å². The third kappa shape index (κ3) is 18.1. The minimum absolute atomic E-state index is 0.0134. The minimum atomic E-state index is -1.02. The molecule has 2 fully saturated rings. The van der Waals surface area contributed by atoms with Crippen LogP contribution in [0.15, 0.2) is 133 Å². The number of carboxylic acid groups (broad SMARTS) is 1. The van der Waals surface area contributed by atoms with Crippen LogP contribution in [0.4, 0.5) is 0 Å². The second kappa shape index (κ2) is 30.5. The summed E-state index contributed by atoms with van der Waals surface area (Å²) < 4.78 is 12.0. The highest BCUT2D eigenvalue weighted by atomic mass is 16.5. The van der Waals surface area contributed by atoms with Gasteiger partial charge in [0, 0.05) is 74.4 Å². The molecule has 3 amide bonds. The SMILES string of the molecule is C1CCOC1.Cc1cccc(C)c1-c1cncc([C@H](CC(=O)O)NC(=O)C(CC(C)C)N2CCCCC2=O)c1.Cc1cccc(C)c1-c1cncc([C@H](CC(=O)OCc2ccccc2)NC(=O)C(CC(C)C)n2ccccc2=O)c1. The Morgan fingerprint density at radius 2 is 1.14 bits per heavy atom. The second-order valence-corrected chi connectivity index (χ2v) is 21.7. The molecule has 0 radical (unpaired) electrons. The molecule has 8 rings (SSSR count). The van der Waals surface area contributed by atoms with E-state index in [9.17, 15) is 33.9 Å². The van der Waals surface area contributed by atoms with Crippen molar-refractivity contribution in [2.24, 2.45) is 11.8 Å². The molecule has 2 saturated heterocycles. The summed E-state index contributed by atoms with van der Waals surface area (Å²) in [5, 5.41) is 15.6. The van der Waals surface area contributed by atoms with Crippen molar-refractivity contribution in [2.75, 3.05) is 19.8 Å². The molecule has 2 aliphatic heterocycles. The van der Waals surface area contributed by atoms with Gasteiger partial charge >= 0.3 is 11.9 Å². The summed E-state index contributed by atoms with van der Waals surface area (Å²) in [5.74, 6) is -1.77. The Balaban J connectivity index is 0.000000240. The molecule has 4 atom stereocenters. The van der Waals surface area contributed by atoms with Gasteiger partial charge in [0.25, 0.3) is 5.56 Å². The Bertz CT molecular complexity index is 3030. The molecule has 0 bridgehead atoms. The number of esters is 1. The average molecular weight is 1090 g/mol. The van der Waals surface area contributed by atoms with Crippen LogP contribution in [0.3, 0.4) is 0 Å². The number of pyridine rings is 3. The van der Waals surface area contributed by atoms with Gasteiger partial charge < -0.3 is 34.7 Å². The molecule has 3 aromatic carbocycles. The van der Waals surface area contributed by atoms with Gasteiger partial charge in [-0.25, -0.2) is 0 Å². The number of hydrogen-bond donors (Lipinski definition) is 3. The van der Waals surface area contributed by atoms with Crippen LogP contribution in [0.1, 0.15) is 143 Å². The maximum atomic E-state index is 13.8. The molecule has 15 nitrogen and oxygen atoms in total. The minimum Gasteiger partial charge on any atom is -0.481 e. The highest BCUT2D eigenvalue weighted by molar-refractivity contribution is 5.89. The molecular formula is C65H80N6O9. The maximum absolute atomic E-state index is 13.8. The normalized spacial score (nSPS) is 14.6. The molecule has 2 aliphatic rings. The molecule has 424 valence electrons. The van der Waals surface area contributed by atoms with E-state index in [1.54, 1.807) is 48.0 Å². The van der Waals surface area contributed by atoms with E-state index in [1.807, 2.05) is 134 Å². The van der Waals surface area contributed by atoms with Crippen LogP contribution in [-0.2, 0) is 40.1 Å². The van der Waals surface area contributed by atoms with Crippen molar-refractivity contribution >= 4 is 29.7 Å². The third-order valence-electron chi connectivity index (χ3n) is 14.2. The third-order valence-corrected chi connectivity index (χ3v) is 14.2. The molecule has 5 heterocycles. The number of nitrogens with one attached hydrogen (secondary N) is 2. The van der Waals surface area contributed by atoms with Gasteiger partial charge in [0.2, 0.25) is 17.7 Å². The zero-order chi connectivity index (χ0) is 57.7. The van der Waals surface area contributed by atoms with E-state index in [2.05, 4.69) is 20.6 Å². The monoisotopic (exact) mass is 1090 g/mol. The van der Waals surface area contributed by atoms with Gasteiger partial charge in [0.1, 0.15) is 18.7 Å². The van der Waals surface area contributed by atoms with E-state index in [-0.39, 0.29) is 54.6 Å². The first-order valence-corrected chi connectivity index (χ1v) is 28.0. The van der Waals surface area contributed by atoms with Crippen LogP contribution >= 0.6 is 0 Å². The van der Waals surface area contributed by atoms with Gasteiger partial charge in [-0.2, -0.15) is 0 Å². The lowest BCUT2D eigenvalue weighted by atomic mass is 9.94. The highest BCUT2D eigenvalue weighted by Gasteiger charge is 2.34. The first kappa shape index (κ1) is 61.4. The number of ether oxygens (including phenoxy) is 2. The van der Waals surface area contributed by atoms with Gasteiger partial charge in [0.15, 0.2) is 0 Å². The van der Waals surface area contributed by atoms with E-state index < -0.39 is 36.1 Å². The zero-order valence-electron chi connectivity index (χ0n) is 47.8. The number of benzene rings is 3. The number of hydrogen-bond acceptors (Lipinski definition) is 10. The summed E-state index contributed by atoms with van der Waals surface area (Å²) in [6.45, 7) is 18.9. The molecule has 0 saturated carbocycles. The van der Waals surface area contributed by atoms with E-state index >= 15 is 0 Å². The van der Waals surface area contributed by atoms with Gasteiger partial charge in [-0.05, 0) is 146 Å². The summed E-state index contributed by atoms with van der Waals surface area (Å²) in [4.78, 5) is 87.7. The van der Waals surface area contributed by atoms with Crippen molar-refractivity contribution in [1.82, 2.24) is 30.1 Å².